The Kier molecular flexibility index (Phi) is 5.73. The lowest BCUT2D eigenvalue weighted by Crippen LogP contribution is -2.21. The van der Waals surface area contributed by atoms with E-state index in [0.29, 0.717) is 22.3 Å². The molecule has 25 heavy (non-hydrogen) atoms. The van der Waals surface area contributed by atoms with E-state index in [1.165, 1.54) is 0 Å². The van der Waals surface area contributed by atoms with Crippen LogP contribution in [0.5, 0.6) is 0 Å². The fourth-order valence-corrected chi connectivity index (χ4v) is 3.49. The Labute approximate surface area is 152 Å². The van der Waals surface area contributed by atoms with E-state index in [1.54, 1.807) is 42.7 Å². The van der Waals surface area contributed by atoms with Crippen LogP contribution in [0, 0.1) is 0 Å². The van der Waals surface area contributed by atoms with E-state index in [9.17, 15) is 9.00 Å². The van der Waals surface area contributed by atoms with Gasteiger partial charge in [-0.15, -0.1) is 0 Å². The van der Waals surface area contributed by atoms with E-state index in [-0.39, 0.29) is 24.0 Å². The Morgan fingerprint density at radius 3 is 2.56 bits per heavy atom. The van der Waals surface area contributed by atoms with Crippen molar-refractivity contribution >= 4 is 28.3 Å². The highest BCUT2D eigenvalue weighted by atomic mass is 35.5. The van der Waals surface area contributed by atoms with Crippen molar-refractivity contribution in [3.05, 3.63) is 82.7 Å². The average Bonchev–Trinajstić information content (AvgIpc) is 3.26. The van der Waals surface area contributed by atoms with E-state index >= 15 is 0 Å². The molecule has 0 radical (unpaired) electrons. The van der Waals surface area contributed by atoms with E-state index in [4.69, 9.17) is 20.4 Å². The van der Waals surface area contributed by atoms with Gasteiger partial charge in [0.15, 0.2) is 5.76 Å². The minimum Gasteiger partial charge on any atom is -0.467 e. The van der Waals surface area contributed by atoms with Gasteiger partial charge in [-0.2, -0.15) is 0 Å². The number of rotatable bonds is 7. The van der Waals surface area contributed by atoms with E-state index in [1.807, 2.05) is 12.1 Å². The third-order valence-electron chi connectivity index (χ3n) is 3.43. The van der Waals surface area contributed by atoms with Gasteiger partial charge >= 0.3 is 0 Å². The third kappa shape index (κ3) is 5.08. The molecule has 2 heterocycles. The fourth-order valence-electron chi connectivity index (χ4n) is 2.22. The zero-order valence-electron chi connectivity index (χ0n) is 13.2. The molecule has 5 nitrogen and oxygen atoms in total. The van der Waals surface area contributed by atoms with Crippen LogP contribution in [0.25, 0.3) is 0 Å². The molecule has 0 unspecified atom stereocenters. The number of furan rings is 2. The number of halogens is 1. The number of nitrogens with one attached hydrogen (secondary N) is 1. The molecule has 1 amide bonds. The quantitative estimate of drug-likeness (QED) is 0.677. The second-order valence-electron chi connectivity index (χ2n) is 5.38. The molecule has 0 aliphatic heterocycles. The molecule has 1 atom stereocenters. The zero-order chi connectivity index (χ0) is 17.6. The van der Waals surface area contributed by atoms with Gasteiger partial charge in [-0.05, 0) is 42.0 Å². The number of carbonyl (C=O) groups excluding carboxylic acids is 1. The van der Waals surface area contributed by atoms with Crippen LogP contribution in [0.4, 0.5) is 0 Å². The molecule has 0 bridgehead atoms. The minimum absolute atomic E-state index is 0.185. The molecule has 0 spiro atoms. The van der Waals surface area contributed by atoms with Crippen molar-refractivity contribution in [2.24, 2.45) is 0 Å². The Balaban J connectivity index is 1.52. The summed E-state index contributed by atoms with van der Waals surface area (Å²) in [6, 6.07) is 14.0. The molecular formula is C18H16ClNO4S. The molecule has 130 valence electrons. The van der Waals surface area contributed by atoms with Crippen LogP contribution in [0.1, 0.15) is 27.6 Å². The lowest BCUT2D eigenvalue weighted by molar-refractivity contribution is 0.0919. The summed E-state index contributed by atoms with van der Waals surface area (Å²) in [5.74, 6) is 1.65. The van der Waals surface area contributed by atoms with Gasteiger partial charge in [-0.1, -0.05) is 23.7 Å². The van der Waals surface area contributed by atoms with Crippen molar-refractivity contribution in [2.75, 3.05) is 0 Å². The number of carbonyl (C=O) groups is 1. The number of benzene rings is 1. The van der Waals surface area contributed by atoms with Crippen LogP contribution in [0.2, 0.25) is 5.02 Å². The smallest absolute Gasteiger partial charge is 0.287 e. The van der Waals surface area contributed by atoms with E-state index < -0.39 is 10.8 Å². The molecule has 0 aliphatic carbocycles. The molecule has 7 heteroatoms. The maximum absolute atomic E-state index is 12.2. The molecule has 0 aliphatic rings. The largest absolute Gasteiger partial charge is 0.467 e. The maximum atomic E-state index is 12.2. The van der Waals surface area contributed by atoms with Crippen molar-refractivity contribution < 1.29 is 17.8 Å². The lowest BCUT2D eigenvalue weighted by Gasteiger charge is -2.02. The van der Waals surface area contributed by atoms with Gasteiger partial charge in [0.2, 0.25) is 0 Å². The monoisotopic (exact) mass is 377 g/mol. The summed E-state index contributed by atoms with van der Waals surface area (Å²) in [4.78, 5) is 12.0. The molecule has 3 rings (SSSR count). The number of hydrogen-bond donors (Lipinski definition) is 1. The summed E-state index contributed by atoms with van der Waals surface area (Å²) in [5.41, 5.74) is 0.936. The predicted molar refractivity (Wildman–Crippen MR) is 95.6 cm³/mol. The summed E-state index contributed by atoms with van der Waals surface area (Å²) in [5, 5.41) is 3.34. The highest BCUT2D eigenvalue weighted by Crippen LogP contribution is 2.15. The fraction of sp³-hybridized carbons (Fsp3) is 0.167. The zero-order valence-corrected chi connectivity index (χ0v) is 14.8. The molecule has 2 aromatic heterocycles. The van der Waals surface area contributed by atoms with Gasteiger partial charge in [0.05, 0.1) is 18.6 Å². The van der Waals surface area contributed by atoms with Gasteiger partial charge in [0.25, 0.3) is 5.91 Å². The standard InChI is InChI=1S/C18H16ClNO4S/c19-14-5-3-13(4-6-14)11-25(22)12-16-7-8-17(24-16)18(21)20-10-15-2-1-9-23-15/h1-9H,10-12H2,(H,20,21)/t25-/m1/s1. The molecule has 0 saturated heterocycles. The molecule has 0 saturated carbocycles. The van der Waals surface area contributed by atoms with E-state index in [0.717, 1.165) is 5.56 Å². The average molecular weight is 378 g/mol. The van der Waals surface area contributed by atoms with Gasteiger partial charge in [-0.3, -0.25) is 9.00 Å². The summed E-state index contributed by atoms with van der Waals surface area (Å²) >= 11 is 5.83. The first-order valence-corrected chi connectivity index (χ1v) is 9.45. The van der Waals surface area contributed by atoms with Crippen LogP contribution in [0.15, 0.2) is 63.6 Å². The highest BCUT2D eigenvalue weighted by Gasteiger charge is 2.13. The van der Waals surface area contributed by atoms with Gasteiger partial charge < -0.3 is 14.2 Å². The van der Waals surface area contributed by atoms with Crippen LogP contribution in [-0.2, 0) is 28.9 Å². The van der Waals surface area contributed by atoms with Crippen LogP contribution in [0.3, 0.4) is 0 Å². The van der Waals surface area contributed by atoms with Crippen molar-refractivity contribution in [1.29, 1.82) is 0 Å². The second-order valence-corrected chi connectivity index (χ2v) is 7.28. The summed E-state index contributed by atoms with van der Waals surface area (Å²) in [6.07, 6.45) is 1.54. The highest BCUT2D eigenvalue weighted by molar-refractivity contribution is 7.83. The van der Waals surface area contributed by atoms with Crippen molar-refractivity contribution in [1.82, 2.24) is 5.32 Å². The van der Waals surface area contributed by atoms with Crippen LogP contribution >= 0.6 is 11.6 Å². The molecule has 3 aromatic rings. The minimum atomic E-state index is -1.14. The summed E-state index contributed by atoms with van der Waals surface area (Å²) in [6.45, 7) is 0.282. The normalized spacial score (nSPS) is 12.0. The predicted octanol–water partition coefficient (Wildman–Crippen LogP) is 3.90. The maximum Gasteiger partial charge on any atom is 0.287 e. The van der Waals surface area contributed by atoms with Crippen molar-refractivity contribution in [3.8, 4) is 0 Å². The molecular weight excluding hydrogens is 362 g/mol. The lowest BCUT2D eigenvalue weighted by atomic mass is 10.2. The summed E-state index contributed by atoms with van der Waals surface area (Å²) < 4.78 is 22.9. The van der Waals surface area contributed by atoms with Gasteiger partial charge in [0.1, 0.15) is 11.5 Å². The molecule has 1 aromatic carbocycles. The van der Waals surface area contributed by atoms with Gasteiger partial charge in [-0.25, -0.2) is 0 Å². The Morgan fingerprint density at radius 2 is 1.84 bits per heavy atom. The summed E-state index contributed by atoms with van der Waals surface area (Å²) in [7, 11) is -1.14. The first-order chi connectivity index (χ1) is 12.1. The Hall–Kier alpha value is -2.31. The third-order valence-corrected chi connectivity index (χ3v) is 4.95. The first-order valence-electron chi connectivity index (χ1n) is 7.59. The van der Waals surface area contributed by atoms with Gasteiger partial charge in [0, 0.05) is 21.6 Å². The topological polar surface area (TPSA) is 72.5 Å². The molecule has 0 fully saturated rings. The second kappa shape index (κ2) is 8.18. The number of amides is 1. The first kappa shape index (κ1) is 17.5. The van der Waals surface area contributed by atoms with Crippen LogP contribution < -0.4 is 5.32 Å². The Morgan fingerprint density at radius 1 is 1.04 bits per heavy atom. The number of hydrogen-bond acceptors (Lipinski definition) is 4. The van der Waals surface area contributed by atoms with E-state index in [2.05, 4.69) is 5.32 Å². The van der Waals surface area contributed by atoms with Crippen LogP contribution in [-0.4, -0.2) is 10.1 Å². The Bertz CT molecular complexity index is 856. The SMILES string of the molecule is O=C(NCc1ccco1)c1ccc(C[S@](=O)Cc2ccc(Cl)cc2)o1. The van der Waals surface area contributed by atoms with Crippen molar-refractivity contribution in [3.63, 3.8) is 0 Å². The molecule has 1 N–H and O–H groups in total. The van der Waals surface area contributed by atoms with Crippen molar-refractivity contribution in [2.45, 2.75) is 18.1 Å².